The molecule has 0 saturated carbocycles. The topological polar surface area (TPSA) is 76.9 Å². The molecule has 6 nitrogen and oxygen atoms in total. The Morgan fingerprint density at radius 3 is 2.48 bits per heavy atom. The van der Waals surface area contributed by atoms with E-state index >= 15 is 0 Å². The van der Waals surface area contributed by atoms with Gasteiger partial charge in [-0.1, -0.05) is 48.2 Å². The molecule has 0 radical (unpaired) electrons. The van der Waals surface area contributed by atoms with Crippen molar-refractivity contribution in [1.82, 2.24) is 20.1 Å². The lowest BCUT2D eigenvalue weighted by Gasteiger charge is -2.11. The molecule has 9 heteroatoms. The maximum Gasteiger partial charge on any atom is 0.261 e. The number of hydrogen-bond donors (Lipinski definition) is 1. The van der Waals surface area contributed by atoms with Crippen molar-refractivity contribution in [2.45, 2.75) is 11.7 Å². The fourth-order valence-corrected chi connectivity index (χ4v) is 4.35. The molecule has 0 aliphatic carbocycles. The number of nitrogens with one attached hydrogen (secondary N) is 1. The fraction of sp³-hybridized carbons (Fsp3) is 0.0909. The van der Waals surface area contributed by atoms with Crippen LogP contribution < -0.4 is 5.32 Å². The summed E-state index contributed by atoms with van der Waals surface area (Å²) < 4.78 is 15.2. The second kappa shape index (κ2) is 9.67. The van der Waals surface area contributed by atoms with Gasteiger partial charge in [-0.25, -0.2) is 4.39 Å². The van der Waals surface area contributed by atoms with Gasteiger partial charge in [-0.15, -0.1) is 21.5 Å². The Hall–Kier alpha value is -3.30. The zero-order chi connectivity index (χ0) is 21.6. The molecular weight excluding hydrogens is 435 g/mol. The zero-order valence-electron chi connectivity index (χ0n) is 16.2. The first-order valence-corrected chi connectivity index (χ1v) is 11.2. The maximum atomic E-state index is 13.4. The van der Waals surface area contributed by atoms with Crippen LogP contribution in [-0.4, -0.2) is 32.2 Å². The number of benzene rings is 2. The number of nitrogens with zero attached hydrogens (tertiary/aromatic N) is 3. The van der Waals surface area contributed by atoms with E-state index in [1.807, 2.05) is 23.6 Å². The molecule has 0 atom stereocenters. The number of hydrogen-bond acceptors (Lipinski definition) is 6. The van der Waals surface area contributed by atoms with E-state index < -0.39 is 0 Å². The molecule has 2 aromatic carbocycles. The molecule has 0 bridgehead atoms. The number of rotatable bonds is 8. The highest BCUT2D eigenvalue weighted by atomic mass is 32.2. The van der Waals surface area contributed by atoms with Crippen molar-refractivity contribution in [3.05, 3.63) is 94.2 Å². The largest absolute Gasteiger partial charge is 0.344 e. The van der Waals surface area contributed by atoms with E-state index in [9.17, 15) is 14.0 Å². The second-order valence-corrected chi connectivity index (χ2v) is 8.34. The number of halogens is 1. The van der Waals surface area contributed by atoms with E-state index in [-0.39, 0.29) is 29.8 Å². The van der Waals surface area contributed by atoms with Gasteiger partial charge in [0.25, 0.3) is 5.91 Å². The maximum absolute atomic E-state index is 13.4. The predicted molar refractivity (Wildman–Crippen MR) is 118 cm³/mol. The Kier molecular flexibility index (Phi) is 6.54. The molecule has 2 heterocycles. The molecular formula is C22H17FN4O2S2. The van der Waals surface area contributed by atoms with Crippen LogP contribution in [0.2, 0.25) is 0 Å². The molecule has 0 saturated heterocycles. The molecule has 4 rings (SSSR count). The van der Waals surface area contributed by atoms with E-state index in [1.165, 1.54) is 35.2 Å². The van der Waals surface area contributed by atoms with Gasteiger partial charge >= 0.3 is 0 Å². The van der Waals surface area contributed by atoms with Gasteiger partial charge in [0.05, 0.1) is 17.2 Å². The summed E-state index contributed by atoms with van der Waals surface area (Å²) in [5.74, 6) is 0.0400. The molecule has 156 valence electrons. The monoisotopic (exact) mass is 452 g/mol. The van der Waals surface area contributed by atoms with E-state index in [1.54, 1.807) is 41.0 Å². The lowest BCUT2D eigenvalue weighted by atomic mass is 10.2. The van der Waals surface area contributed by atoms with Gasteiger partial charge in [0.1, 0.15) is 5.82 Å². The smallest absolute Gasteiger partial charge is 0.261 e. The molecule has 1 N–H and O–H groups in total. The van der Waals surface area contributed by atoms with Gasteiger partial charge in [-0.3, -0.25) is 14.2 Å². The van der Waals surface area contributed by atoms with E-state index in [0.29, 0.717) is 27.1 Å². The third-order valence-electron chi connectivity index (χ3n) is 4.37. The number of ketones is 1. The summed E-state index contributed by atoms with van der Waals surface area (Å²) in [6.07, 6.45) is 0. The van der Waals surface area contributed by atoms with Crippen LogP contribution in [0.1, 0.15) is 25.9 Å². The Morgan fingerprint density at radius 1 is 1.00 bits per heavy atom. The highest BCUT2D eigenvalue weighted by Gasteiger charge is 2.17. The average Bonchev–Trinajstić information content (AvgIpc) is 3.47. The lowest BCUT2D eigenvalue weighted by Crippen LogP contribution is -2.23. The summed E-state index contributed by atoms with van der Waals surface area (Å²) in [7, 11) is 0. The van der Waals surface area contributed by atoms with Gasteiger partial charge in [0, 0.05) is 11.3 Å². The standard InChI is InChI=1S/C22H17FN4O2S2/c23-16-8-10-17(11-9-16)27-20(13-24-21(29)19-7-4-12-30-19)25-26-22(27)31-14-18(28)15-5-2-1-3-6-15/h1-12H,13-14H2,(H,24,29). The van der Waals surface area contributed by atoms with Crippen molar-refractivity contribution in [3.63, 3.8) is 0 Å². The molecule has 31 heavy (non-hydrogen) atoms. The first-order valence-electron chi connectivity index (χ1n) is 9.35. The first kappa shape index (κ1) is 21.0. The van der Waals surface area contributed by atoms with Crippen molar-refractivity contribution in [1.29, 1.82) is 0 Å². The summed E-state index contributed by atoms with van der Waals surface area (Å²) in [5, 5.41) is 13.5. The van der Waals surface area contributed by atoms with Crippen LogP contribution in [0.3, 0.4) is 0 Å². The molecule has 0 aliphatic rings. The number of Topliss-reactive ketones (excluding diaryl/α,β-unsaturated/α-hetero) is 1. The molecule has 1 amide bonds. The SMILES string of the molecule is O=C(CSc1nnc(CNC(=O)c2cccs2)n1-c1ccc(F)cc1)c1ccccc1. The summed E-state index contributed by atoms with van der Waals surface area (Å²) in [6.45, 7) is 0.133. The summed E-state index contributed by atoms with van der Waals surface area (Å²) in [6, 6.07) is 18.4. The van der Waals surface area contributed by atoms with Crippen LogP contribution in [0.4, 0.5) is 4.39 Å². The average molecular weight is 453 g/mol. The Morgan fingerprint density at radius 2 is 1.77 bits per heavy atom. The fourth-order valence-electron chi connectivity index (χ4n) is 2.85. The minimum absolute atomic E-state index is 0.0354. The van der Waals surface area contributed by atoms with Gasteiger partial charge in [-0.05, 0) is 35.7 Å². The number of amides is 1. The molecule has 0 spiro atoms. The molecule has 4 aromatic rings. The van der Waals surface area contributed by atoms with E-state index in [0.717, 1.165) is 0 Å². The predicted octanol–water partition coefficient (Wildman–Crippen LogP) is 4.37. The first-order chi connectivity index (χ1) is 15.1. The van der Waals surface area contributed by atoms with Crippen LogP contribution in [0.25, 0.3) is 5.69 Å². The number of carbonyl (C=O) groups excluding carboxylic acids is 2. The van der Waals surface area contributed by atoms with Crippen molar-refractivity contribution >= 4 is 34.8 Å². The third kappa shape index (κ3) is 5.07. The van der Waals surface area contributed by atoms with Crippen molar-refractivity contribution in [3.8, 4) is 5.69 Å². The number of thioether (sulfide) groups is 1. The zero-order valence-corrected chi connectivity index (χ0v) is 17.8. The normalized spacial score (nSPS) is 10.7. The molecule has 2 aromatic heterocycles. The van der Waals surface area contributed by atoms with Gasteiger partial charge in [0.15, 0.2) is 16.8 Å². The van der Waals surface area contributed by atoms with Gasteiger partial charge in [-0.2, -0.15) is 0 Å². The van der Waals surface area contributed by atoms with Gasteiger partial charge in [0.2, 0.25) is 0 Å². The quantitative estimate of drug-likeness (QED) is 0.317. The van der Waals surface area contributed by atoms with Crippen LogP contribution in [0, 0.1) is 5.82 Å². The Bertz CT molecular complexity index is 1180. The minimum Gasteiger partial charge on any atom is -0.344 e. The summed E-state index contributed by atoms with van der Waals surface area (Å²) in [5.41, 5.74) is 1.26. The number of thiophene rings is 1. The highest BCUT2D eigenvalue weighted by Crippen LogP contribution is 2.23. The van der Waals surface area contributed by atoms with Crippen LogP contribution >= 0.6 is 23.1 Å². The number of aromatic nitrogens is 3. The van der Waals surface area contributed by atoms with E-state index in [2.05, 4.69) is 15.5 Å². The minimum atomic E-state index is -0.363. The van der Waals surface area contributed by atoms with Crippen molar-refractivity contribution in [2.24, 2.45) is 0 Å². The Labute approximate surface area is 186 Å². The van der Waals surface area contributed by atoms with Crippen molar-refractivity contribution in [2.75, 3.05) is 5.75 Å². The van der Waals surface area contributed by atoms with Crippen LogP contribution in [0.15, 0.2) is 77.3 Å². The molecule has 0 unspecified atom stereocenters. The van der Waals surface area contributed by atoms with Crippen LogP contribution in [-0.2, 0) is 6.54 Å². The Balaban J connectivity index is 1.55. The molecule has 0 fully saturated rings. The van der Waals surface area contributed by atoms with Crippen LogP contribution in [0.5, 0.6) is 0 Å². The van der Waals surface area contributed by atoms with E-state index in [4.69, 9.17) is 0 Å². The summed E-state index contributed by atoms with van der Waals surface area (Å²) in [4.78, 5) is 25.4. The highest BCUT2D eigenvalue weighted by molar-refractivity contribution is 7.99. The lowest BCUT2D eigenvalue weighted by molar-refractivity contribution is 0.0952. The van der Waals surface area contributed by atoms with Crippen molar-refractivity contribution < 1.29 is 14.0 Å². The number of carbonyl (C=O) groups is 2. The van der Waals surface area contributed by atoms with Gasteiger partial charge < -0.3 is 5.32 Å². The molecule has 0 aliphatic heterocycles. The summed E-state index contributed by atoms with van der Waals surface area (Å²) >= 11 is 2.58. The third-order valence-corrected chi connectivity index (χ3v) is 6.16. The second-order valence-electron chi connectivity index (χ2n) is 6.45.